The van der Waals surface area contributed by atoms with Gasteiger partial charge in [-0.3, -0.25) is 9.89 Å². The maximum atomic E-state index is 11.7. The fourth-order valence-corrected chi connectivity index (χ4v) is 2.21. The molecule has 6 heteroatoms. The van der Waals surface area contributed by atoms with Gasteiger partial charge in [-0.2, -0.15) is 5.10 Å². The first-order valence-electron chi connectivity index (χ1n) is 5.84. The smallest absolute Gasteiger partial charge is 0.220 e. The van der Waals surface area contributed by atoms with E-state index < -0.39 is 0 Å². The van der Waals surface area contributed by atoms with Gasteiger partial charge in [-0.15, -0.1) is 0 Å². The van der Waals surface area contributed by atoms with E-state index in [0.29, 0.717) is 24.4 Å². The summed E-state index contributed by atoms with van der Waals surface area (Å²) in [7, 11) is 0. The average Bonchev–Trinajstić information content (AvgIpc) is 2.81. The Balaban J connectivity index is 1.79. The Morgan fingerprint density at radius 3 is 2.89 bits per heavy atom. The van der Waals surface area contributed by atoms with Crippen molar-refractivity contribution < 1.29 is 4.79 Å². The van der Waals surface area contributed by atoms with E-state index in [1.54, 1.807) is 6.20 Å². The van der Waals surface area contributed by atoms with Gasteiger partial charge in [0.15, 0.2) is 0 Å². The molecule has 1 heterocycles. The van der Waals surface area contributed by atoms with Crippen molar-refractivity contribution in [3.05, 3.63) is 51.2 Å². The zero-order chi connectivity index (χ0) is 13.7. The molecular weight excluding hydrogens is 330 g/mol. The molecular formula is C13H13BrClN3O. The lowest BCUT2D eigenvalue weighted by Gasteiger charge is -2.05. The molecule has 2 N–H and O–H groups in total. The average molecular weight is 343 g/mol. The summed E-state index contributed by atoms with van der Waals surface area (Å²) in [6.45, 7) is 0.432. The molecule has 0 atom stereocenters. The molecule has 0 saturated heterocycles. The molecule has 0 unspecified atom stereocenters. The molecule has 0 fully saturated rings. The lowest BCUT2D eigenvalue weighted by Crippen LogP contribution is -2.23. The second kappa shape index (κ2) is 6.73. The lowest BCUT2D eigenvalue weighted by molar-refractivity contribution is -0.121. The third-order valence-electron chi connectivity index (χ3n) is 2.71. The van der Waals surface area contributed by atoms with Crippen LogP contribution in [-0.4, -0.2) is 16.1 Å². The van der Waals surface area contributed by atoms with Gasteiger partial charge in [-0.25, -0.2) is 0 Å². The van der Waals surface area contributed by atoms with Gasteiger partial charge in [0.2, 0.25) is 5.91 Å². The van der Waals surface area contributed by atoms with Gasteiger partial charge in [-0.1, -0.05) is 29.8 Å². The number of hydrogen-bond donors (Lipinski definition) is 2. The molecule has 100 valence electrons. The van der Waals surface area contributed by atoms with Crippen molar-refractivity contribution in [2.45, 2.75) is 19.4 Å². The van der Waals surface area contributed by atoms with Gasteiger partial charge in [0.05, 0.1) is 22.9 Å². The number of aromatic nitrogens is 2. The molecule has 1 amide bonds. The Morgan fingerprint density at radius 1 is 1.42 bits per heavy atom. The van der Waals surface area contributed by atoms with Gasteiger partial charge in [0, 0.05) is 11.4 Å². The molecule has 2 aromatic rings. The van der Waals surface area contributed by atoms with E-state index in [1.165, 1.54) is 0 Å². The van der Waals surface area contributed by atoms with Crippen LogP contribution in [0.25, 0.3) is 0 Å². The Kier molecular flexibility index (Phi) is 4.99. The highest BCUT2D eigenvalue weighted by atomic mass is 79.9. The number of H-pyrrole nitrogens is 1. The fraction of sp³-hybridized carbons (Fsp3) is 0.231. The molecule has 0 aliphatic carbocycles. The number of aryl methyl sites for hydroxylation is 1. The van der Waals surface area contributed by atoms with Crippen LogP contribution in [0.5, 0.6) is 0 Å². The third kappa shape index (κ3) is 4.08. The van der Waals surface area contributed by atoms with Crippen LogP contribution >= 0.6 is 27.5 Å². The molecule has 0 aliphatic rings. The molecule has 1 aromatic heterocycles. The summed E-state index contributed by atoms with van der Waals surface area (Å²) in [6.07, 6.45) is 2.70. The molecule has 1 aromatic carbocycles. The van der Waals surface area contributed by atoms with Gasteiger partial charge in [0.1, 0.15) is 0 Å². The monoisotopic (exact) mass is 341 g/mol. The Morgan fingerprint density at radius 2 is 2.21 bits per heavy atom. The quantitative estimate of drug-likeness (QED) is 0.877. The van der Waals surface area contributed by atoms with E-state index in [4.69, 9.17) is 11.6 Å². The van der Waals surface area contributed by atoms with Crippen molar-refractivity contribution >= 4 is 33.4 Å². The largest absolute Gasteiger partial charge is 0.350 e. The number of benzene rings is 1. The number of nitrogens with zero attached hydrogens (tertiary/aromatic N) is 1. The van der Waals surface area contributed by atoms with Crippen LogP contribution in [0.15, 0.2) is 34.9 Å². The molecule has 0 spiro atoms. The SMILES string of the molecule is O=C(CCc1ccccc1Cl)NCc1[nH]ncc1Br. The van der Waals surface area contributed by atoms with Crippen molar-refractivity contribution in [1.29, 1.82) is 0 Å². The van der Waals surface area contributed by atoms with E-state index in [9.17, 15) is 4.79 Å². The van der Waals surface area contributed by atoms with Gasteiger partial charge in [0.25, 0.3) is 0 Å². The van der Waals surface area contributed by atoms with Crippen molar-refractivity contribution in [2.75, 3.05) is 0 Å². The first-order chi connectivity index (χ1) is 9.16. The highest BCUT2D eigenvalue weighted by Crippen LogP contribution is 2.16. The number of nitrogens with one attached hydrogen (secondary N) is 2. The molecule has 2 rings (SSSR count). The predicted molar refractivity (Wildman–Crippen MR) is 77.9 cm³/mol. The Hall–Kier alpha value is -1.33. The van der Waals surface area contributed by atoms with E-state index in [-0.39, 0.29) is 5.91 Å². The molecule has 4 nitrogen and oxygen atoms in total. The van der Waals surface area contributed by atoms with Crippen LogP contribution < -0.4 is 5.32 Å². The van der Waals surface area contributed by atoms with Crippen LogP contribution in [0.2, 0.25) is 5.02 Å². The van der Waals surface area contributed by atoms with Crippen LogP contribution in [0.1, 0.15) is 17.7 Å². The van der Waals surface area contributed by atoms with E-state index in [0.717, 1.165) is 15.7 Å². The third-order valence-corrected chi connectivity index (χ3v) is 3.76. The minimum atomic E-state index is -0.0126. The zero-order valence-electron chi connectivity index (χ0n) is 10.1. The number of carbonyl (C=O) groups excluding carboxylic acids is 1. The van der Waals surface area contributed by atoms with Gasteiger partial charge < -0.3 is 5.32 Å². The van der Waals surface area contributed by atoms with E-state index in [2.05, 4.69) is 31.4 Å². The first kappa shape index (κ1) is 14.1. The van der Waals surface area contributed by atoms with Crippen molar-refractivity contribution in [1.82, 2.24) is 15.5 Å². The Labute approximate surface area is 124 Å². The molecule has 0 saturated carbocycles. The van der Waals surface area contributed by atoms with Crippen molar-refractivity contribution in [3.63, 3.8) is 0 Å². The summed E-state index contributed by atoms with van der Waals surface area (Å²) in [5.74, 6) is -0.0126. The summed E-state index contributed by atoms with van der Waals surface area (Å²) < 4.78 is 0.860. The van der Waals surface area contributed by atoms with Crippen LogP contribution in [0, 0.1) is 0 Å². The lowest BCUT2D eigenvalue weighted by atomic mass is 10.1. The summed E-state index contributed by atoms with van der Waals surface area (Å²) in [4.78, 5) is 11.7. The van der Waals surface area contributed by atoms with Gasteiger partial charge >= 0.3 is 0 Å². The summed E-state index contributed by atoms with van der Waals surface area (Å²) in [5, 5.41) is 10.2. The van der Waals surface area contributed by atoms with Crippen molar-refractivity contribution in [2.24, 2.45) is 0 Å². The molecule has 0 bridgehead atoms. The second-order valence-corrected chi connectivity index (χ2v) is 5.33. The number of hydrogen-bond acceptors (Lipinski definition) is 2. The second-order valence-electron chi connectivity index (χ2n) is 4.06. The Bertz CT molecular complexity index is 571. The predicted octanol–water partition coefficient (Wildman–Crippen LogP) is 3.07. The normalized spacial score (nSPS) is 10.4. The summed E-state index contributed by atoms with van der Waals surface area (Å²) in [6, 6.07) is 7.56. The highest BCUT2D eigenvalue weighted by molar-refractivity contribution is 9.10. The number of halogens is 2. The van der Waals surface area contributed by atoms with Crippen LogP contribution in [0.4, 0.5) is 0 Å². The highest BCUT2D eigenvalue weighted by Gasteiger charge is 2.06. The topological polar surface area (TPSA) is 57.8 Å². The number of amides is 1. The molecule has 0 aliphatic heterocycles. The number of aromatic amines is 1. The maximum Gasteiger partial charge on any atom is 0.220 e. The minimum Gasteiger partial charge on any atom is -0.350 e. The standard InChI is InChI=1S/C13H13BrClN3O/c14-10-7-17-18-12(10)8-16-13(19)6-5-9-3-1-2-4-11(9)15/h1-4,7H,5-6,8H2,(H,16,19)(H,17,18). The van der Waals surface area contributed by atoms with E-state index >= 15 is 0 Å². The van der Waals surface area contributed by atoms with Crippen LogP contribution in [-0.2, 0) is 17.8 Å². The fourth-order valence-electron chi connectivity index (χ4n) is 1.65. The number of carbonyl (C=O) groups is 1. The minimum absolute atomic E-state index is 0.0126. The maximum absolute atomic E-state index is 11.7. The zero-order valence-corrected chi connectivity index (χ0v) is 12.5. The molecule has 19 heavy (non-hydrogen) atoms. The molecule has 0 radical (unpaired) electrons. The van der Waals surface area contributed by atoms with E-state index in [1.807, 2.05) is 24.3 Å². The summed E-state index contributed by atoms with van der Waals surface area (Å²) >= 11 is 9.37. The first-order valence-corrected chi connectivity index (χ1v) is 7.02. The summed E-state index contributed by atoms with van der Waals surface area (Å²) in [5.41, 5.74) is 1.84. The number of rotatable bonds is 5. The van der Waals surface area contributed by atoms with Crippen molar-refractivity contribution in [3.8, 4) is 0 Å². The van der Waals surface area contributed by atoms with Gasteiger partial charge in [-0.05, 0) is 34.0 Å². The van der Waals surface area contributed by atoms with Crippen LogP contribution in [0.3, 0.4) is 0 Å².